The molecule has 0 atom stereocenters. The average molecular weight is 399 g/mol. The van der Waals surface area contributed by atoms with Crippen LogP contribution in [0.15, 0.2) is 55.1 Å². The van der Waals surface area contributed by atoms with Crippen LogP contribution >= 0.6 is 11.6 Å². The lowest BCUT2D eigenvalue weighted by molar-refractivity contribution is 0.251. The number of nitrogens with zero attached hydrogens (tertiary/aromatic N) is 2. The van der Waals surface area contributed by atoms with Crippen molar-refractivity contribution in [3.63, 3.8) is 0 Å². The van der Waals surface area contributed by atoms with Gasteiger partial charge in [-0.25, -0.2) is 14.8 Å². The van der Waals surface area contributed by atoms with Gasteiger partial charge in [0, 0.05) is 30.6 Å². The first-order valence-corrected chi connectivity index (χ1v) is 8.79. The lowest BCUT2D eigenvalue weighted by Crippen LogP contribution is -2.28. The van der Waals surface area contributed by atoms with Crippen LogP contribution < -0.4 is 20.1 Å². The van der Waals surface area contributed by atoms with Crippen LogP contribution in [-0.4, -0.2) is 30.2 Å². The minimum Gasteiger partial charge on any atom is -0.495 e. The number of ether oxygens (including phenoxy) is 2. The van der Waals surface area contributed by atoms with Crippen LogP contribution in [0.4, 0.5) is 10.5 Å². The number of urea groups is 1. The number of hydrogen-bond donors (Lipinski definition) is 2. The van der Waals surface area contributed by atoms with E-state index in [1.54, 1.807) is 24.5 Å². The zero-order valence-corrected chi connectivity index (χ0v) is 16.2. The van der Waals surface area contributed by atoms with Crippen molar-refractivity contribution >= 4 is 23.3 Å². The second kappa shape index (κ2) is 9.05. The van der Waals surface area contributed by atoms with Gasteiger partial charge in [-0.05, 0) is 17.2 Å². The molecule has 0 saturated heterocycles. The van der Waals surface area contributed by atoms with Crippen LogP contribution in [0.2, 0.25) is 5.02 Å². The predicted molar refractivity (Wildman–Crippen MR) is 108 cm³/mol. The molecule has 3 rings (SSSR count). The van der Waals surface area contributed by atoms with E-state index in [2.05, 4.69) is 20.6 Å². The Labute approximate surface area is 167 Å². The van der Waals surface area contributed by atoms with Crippen LogP contribution in [0, 0.1) is 0 Å². The number of halogens is 1. The lowest BCUT2D eigenvalue weighted by Gasteiger charge is -2.13. The molecule has 2 amide bonds. The first-order chi connectivity index (χ1) is 13.6. The minimum absolute atomic E-state index is 0.365. The molecule has 3 aromatic rings. The number of methoxy groups -OCH3 is 2. The van der Waals surface area contributed by atoms with Gasteiger partial charge in [-0.1, -0.05) is 35.9 Å². The largest absolute Gasteiger partial charge is 0.495 e. The zero-order chi connectivity index (χ0) is 19.9. The summed E-state index contributed by atoms with van der Waals surface area (Å²) < 4.78 is 10.4. The number of carbonyl (C=O) groups is 1. The molecule has 144 valence electrons. The fourth-order valence-corrected chi connectivity index (χ4v) is 2.81. The van der Waals surface area contributed by atoms with Crippen LogP contribution in [0.25, 0.3) is 11.1 Å². The van der Waals surface area contributed by atoms with E-state index in [9.17, 15) is 4.79 Å². The molecule has 0 saturated carbocycles. The van der Waals surface area contributed by atoms with Gasteiger partial charge in [0.2, 0.25) is 0 Å². The lowest BCUT2D eigenvalue weighted by atomic mass is 10.1. The van der Waals surface area contributed by atoms with Crippen molar-refractivity contribution in [1.82, 2.24) is 15.3 Å². The maximum atomic E-state index is 12.2. The summed E-state index contributed by atoms with van der Waals surface area (Å²) in [5.74, 6) is 0.916. The van der Waals surface area contributed by atoms with Gasteiger partial charge in [-0.2, -0.15) is 0 Å². The monoisotopic (exact) mass is 398 g/mol. The first-order valence-electron chi connectivity index (χ1n) is 8.41. The molecular formula is C20H19ClN4O3. The highest BCUT2D eigenvalue weighted by atomic mass is 35.5. The van der Waals surface area contributed by atoms with E-state index in [0.29, 0.717) is 28.8 Å². The molecule has 0 spiro atoms. The topological polar surface area (TPSA) is 85.4 Å². The summed E-state index contributed by atoms with van der Waals surface area (Å²) in [4.78, 5) is 20.3. The van der Waals surface area contributed by atoms with Gasteiger partial charge < -0.3 is 20.1 Å². The summed E-state index contributed by atoms with van der Waals surface area (Å²) in [5, 5.41) is 5.91. The molecule has 0 aliphatic rings. The van der Waals surface area contributed by atoms with Crippen LogP contribution in [-0.2, 0) is 6.54 Å². The molecule has 0 aliphatic heterocycles. The highest BCUT2D eigenvalue weighted by molar-refractivity contribution is 6.32. The summed E-state index contributed by atoms with van der Waals surface area (Å²) in [6, 6.07) is 10.6. The Bertz CT molecular complexity index is 950. The van der Waals surface area contributed by atoms with Crippen molar-refractivity contribution in [2.45, 2.75) is 6.54 Å². The van der Waals surface area contributed by atoms with Crippen molar-refractivity contribution in [1.29, 1.82) is 0 Å². The number of anilines is 1. The Hall–Kier alpha value is -3.32. The average Bonchev–Trinajstić information content (AvgIpc) is 2.73. The maximum absolute atomic E-state index is 12.2. The number of aromatic nitrogens is 2. The number of benzene rings is 2. The molecule has 2 N–H and O–H groups in total. The number of carbonyl (C=O) groups excluding carboxylic acids is 1. The van der Waals surface area contributed by atoms with Gasteiger partial charge in [0.15, 0.2) is 0 Å². The number of rotatable bonds is 6. The van der Waals surface area contributed by atoms with E-state index >= 15 is 0 Å². The van der Waals surface area contributed by atoms with E-state index < -0.39 is 0 Å². The zero-order valence-electron chi connectivity index (χ0n) is 15.4. The van der Waals surface area contributed by atoms with Gasteiger partial charge >= 0.3 is 6.03 Å². The molecular weight excluding hydrogens is 380 g/mol. The summed E-state index contributed by atoms with van der Waals surface area (Å²) in [6.45, 7) is 0.365. The van der Waals surface area contributed by atoms with Gasteiger partial charge in [0.25, 0.3) is 0 Å². The quantitative estimate of drug-likeness (QED) is 0.651. The molecule has 1 heterocycles. The molecule has 28 heavy (non-hydrogen) atoms. The summed E-state index contributed by atoms with van der Waals surface area (Å²) in [7, 11) is 3.02. The summed E-state index contributed by atoms with van der Waals surface area (Å²) in [5.41, 5.74) is 3.34. The predicted octanol–water partition coefficient (Wildman–Crippen LogP) is 4.14. The Morgan fingerprint density at radius 1 is 1.00 bits per heavy atom. The van der Waals surface area contributed by atoms with E-state index in [4.69, 9.17) is 21.1 Å². The number of hydrogen-bond acceptors (Lipinski definition) is 5. The molecule has 0 unspecified atom stereocenters. The van der Waals surface area contributed by atoms with Crippen molar-refractivity contribution in [3.05, 3.63) is 65.7 Å². The Kier molecular flexibility index (Phi) is 6.29. The second-order valence-corrected chi connectivity index (χ2v) is 6.23. The third-order valence-electron chi connectivity index (χ3n) is 4.02. The van der Waals surface area contributed by atoms with Crippen LogP contribution in [0.3, 0.4) is 0 Å². The van der Waals surface area contributed by atoms with Gasteiger partial charge in [-0.15, -0.1) is 0 Å². The molecule has 8 heteroatoms. The standard InChI is InChI=1S/C20H19ClN4O3/c1-27-18-8-19(28-2)17(7-16(18)21)25-20(26)24-9-13-3-5-14(6-4-13)15-10-22-12-23-11-15/h3-8,10-12H,9H2,1-2H3,(H2,24,25,26). The third-order valence-corrected chi connectivity index (χ3v) is 4.32. The molecule has 0 bridgehead atoms. The third kappa shape index (κ3) is 4.69. The van der Waals surface area contributed by atoms with E-state index in [1.165, 1.54) is 20.5 Å². The second-order valence-electron chi connectivity index (χ2n) is 5.82. The Morgan fingerprint density at radius 3 is 2.32 bits per heavy atom. The van der Waals surface area contributed by atoms with Crippen molar-refractivity contribution in [2.75, 3.05) is 19.5 Å². The van der Waals surface area contributed by atoms with Crippen molar-refractivity contribution in [2.24, 2.45) is 0 Å². The normalized spacial score (nSPS) is 10.2. The van der Waals surface area contributed by atoms with Gasteiger partial charge in [0.05, 0.1) is 24.9 Å². The molecule has 0 fully saturated rings. The molecule has 2 aromatic carbocycles. The van der Waals surface area contributed by atoms with Crippen molar-refractivity contribution < 1.29 is 14.3 Å². The smallest absolute Gasteiger partial charge is 0.319 e. The van der Waals surface area contributed by atoms with E-state index in [0.717, 1.165) is 16.7 Å². The van der Waals surface area contributed by atoms with Crippen LogP contribution in [0.5, 0.6) is 11.5 Å². The summed E-state index contributed by atoms with van der Waals surface area (Å²) >= 11 is 6.12. The maximum Gasteiger partial charge on any atom is 0.319 e. The minimum atomic E-state index is -0.375. The number of nitrogens with one attached hydrogen (secondary N) is 2. The highest BCUT2D eigenvalue weighted by Gasteiger charge is 2.12. The Morgan fingerprint density at radius 2 is 1.68 bits per heavy atom. The first kappa shape index (κ1) is 19.4. The van der Waals surface area contributed by atoms with E-state index in [1.807, 2.05) is 24.3 Å². The molecule has 0 aliphatic carbocycles. The fourth-order valence-electron chi connectivity index (χ4n) is 2.57. The Balaban J connectivity index is 1.61. The molecule has 0 radical (unpaired) electrons. The molecule has 7 nitrogen and oxygen atoms in total. The molecule has 1 aromatic heterocycles. The highest BCUT2D eigenvalue weighted by Crippen LogP contribution is 2.35. The van der Waals surface area contributed by atoms with Gasteiger partial charge in [-0.3, -0.25) is 0 Å². The fraction of sp³-hybridized carbons (Fsp3) is 0.150. The van der Waals surface area contributed by atoms with Crippen molar-refractivity contribution in [3.8, 4) is 22.6 Å². The van der Waals surface area contributed by atoms with E-state index in [-0.39, 0.29) is 6.03 Å². The van der Waals surface area contributed by atoms with Gasteiger partial charge in [0.1, 0.15) is 17.8 Å². The summed E-state index contributed by atoms with van der Waals surface area (Å²) in [6.07, 6.45) is 4.99. The SMILES string of the molecule is COc1cc(OC)c(NC(=O)NCc2ccc(-c3cncnc3)cc2)cc1Cl. The number of amides is 2. The van der Waals surface area contributed by atoms with Crippen LogP contribution in [0.1, 0.15) is 5.56 Å².